The maximum atomic E-state index is 12.1. The van der Waals surface area contributed by atoms with Crippen molar-refractivity contribution in [3.8, 4) is 11.4 Å². The number of ether oxygens (including phenoxy) is 1. The van der Waals surface area contributed by atoms with Gasteiger partial charge in [-0.05, 0) is 43.3 Å². The van der Waals surface area contributed by atoms with E-state index in [0.717, 1.165) is 26.6 Å². The van der Waals surface area contributed by atoms with Crippen LogP contribution < -0.4 is 5.32 Å². The van der Waals surface area contributed by atoms with Gasteiger partial charge in [0.1, 0.15) is 5.82 Å². The van der Waals surface area contributed by atoms with Crippen molar-refractivity contribution in [1.82, 2.24) is 9.97 Å². The Labute approximate surface area is 176 Å². The first-order chi connectivity index (χ1) is 14.1. The first-order valence-corrected chi connectivity index (χ1v) is 10.0. The number of nitrogens with zero attached hydrogens (tertiary/aromatic N) is 2. The fourth-order valence-corrected chi connectivity index (χ4v) is 3.35. The molecule has 0 radical (unpaired) electrons. The molecule has 0 saturated heterocycles. The summed E-state index contributed by atoms with van der Waals surface area (Å²) in [5, 5.41) is 4.22. The van der Waals surface area contributed by atoms with Gasteiger partial charge >= 0.3 is 5.97 Å². The van der Waals surface area contributed by atoms with Crippen LogP contribution in [0.4, 0.5) is 11.5 Å². The minimum atomic E-state index is -0.351. The van der Waals surface area contributed by atoms with Gasteiger partial charge in [-0.3, -0.25) is 0 Å². The average Bonchev–Trinajstić information content (AvgIpc) is 2.75. The smallest absolute Gasteiger partial charge is 0.338 e. The van der Waals surface area contributed by atoms with Crippen LogP contribution in [0.25, 0.3) is 22.3 Å². The summed E-state index contributed by atoms with van der Waals surface area (Å²) in [6.07, 6.45) is 0. The van der Waals surface area contributed by atoms with Gasteiger partial charge in [-0.1, -0.05) is 52.3 Å². The van der Waals surface area contributed by atoms with Crippen molar-refractivity contribution < 1.29 is 9.53 Å². The zero-order valence-electron chi connectivity index (χ0n) is 15.7. The largest absolute Gasteiger partial charge is 0.462 e. The summed E-state index contributed by atoms with van der Waals surface area (Å²) in [7, 11) is 0. The van der Waals surface area contributed by atoms with Crippen LogP contribution in [0.2, 0.25) is 0 Å². The van der Waals surface area contributed by atoms with Crippen LogP contribution in [0.15, 0.2) is 77.3 Å². The quantitative estimate of drug-likeness (QED) is 0.381. The highest BCUT2D eigenvalue weighted by Gasteiger charge is 2.12. The number of hydrogen-bond acceptors (Lipinski definition) is 5. The Morgan fingerprint density at radius 1 is 1.00 bits per heavy atom. The standard InChI is InChI=1S/C23H18BrN3O2/c1-2-29-23(28)16-9-6-10-18(13-16)25-22-19-14-17(24)11-12-20(19)26-21(27-22)15-7-4-3-5-8-15/h3-14H,2H2,1H3,(H,25,26,27). The lowest BCUT2D eigenvalue weighted by molar-refractivity contribution is 0.0526. The van der Waals surface area contributed by atoms with Gasteiger partial charge in [0.2, 0.25) is 0 Å². The molecule has 0 fully saturated rings. The molecule has 4 aromatic rings. The number of nitrogens with one attached hydrogen (secondary N) is 1. The van der Waals surface area contributed by atoms with Crippen molar-refractivity contribution >= 4 is 44.3 Å². The number of anilines is 2. The van der Waals surface area contributed by atoms with E-state index in [-0.39, 0.29) is 5.97 Å². The molecule has 1 heterocycles. The number of carbonyl (C=O) groups excluding carboxylic acids is 1. The molecule has 6 heteroatoms. The second-order valence-electron chi connectivity index (χ2n) is 6.35. The maximum Gasteiger partial charge on any atom is 0.338 e. The highest BCUT2D eigenvalue weighted by Crippen LogP contribution is 2.29. The monoisotopic (exact) mass is 447 g/mol. The highest BCUT2D eigenvalue weighted by molar-refractivity contribution is 9.10. The number of esters is 1. The molecule has 0 aliphatic heterocycles. The molecule has 0 aliphatic carbocycles. The van der Waals surface area contributed by atoms with Gasteiger partial charge < -0.3 is 10.1 Å². The van der Waals surface area contributed by atoms with E-state index in [1.807, 2.05) is 60.7 Å². The van der Waals surface area contributed by atoms with E-state index in [1.165, 1.54) is 0 Å². The Balaban J connectivity index is 1.79. The SMILES string of the molecule is CCOC(=O)c1cccc(Nc2nc(-c3ccccc3)nc3ccc(Br)cc23)c1. The van der Waals surface area contributed by atoms with Crippen LogP contribution in [0.5, 0.6) is 0 Å². The minimum Gasteiger partial charge on any atom is -0.462 e. The molecular weight excluding hydrogens is 430 g/mol. The van der Waals surface area contributed by atoms with E-state index >= 15 is 0 Å². The van der Waals surface area contributed by atoms with Crippen molar-refractivity contribution in [2.24, 2.45) is 0 Å². The molecule has 1 aromatic heterocycles. The molecule has 3 aromatic carbocycles. The third kappa shape index (κ3) is 4.27. The number of fused-ring (bicyclic) bond motifs is 1. The zero-order chi connectivity index (χ0) is 20.2. The average molecular weight is 448 g/mol. The van der Waals surface area contributed by atoms with Crippen LogP contribution in [0, 0.1) is 0 Å². The Morgan fingerprint density at radius 2 is 1.83 bits per heavy atom. The number of hydrogen-bond donors (Lipinski definition) is 1. The summed E-state index contributed by atoms with van der Waals surface area (Å²) in [5.41, 5.74) is 2.99. The van der Waals surface area contributed by atoms with Gasteiger partial charge in [0.25, 0.3) is 0 Å². The summed E-state index contributed by atoms with van der Waals surface area (Å²) in [4.78, 5) is 21.5. The Kier molecular flexibility index (Phi) is 5.53. The van der Waals surface area contributed by atoms with Crippen molar-refractivity contribution in [3.63, 3.8) is 0 Å². The van der Waals surface area contributed by atoms with Crippen molar-refractivity contribution in [2.45, 2.75) is 6.92 Å². The topological polar surface area (TPSA) is 64.1 Å². The molecule has 29 heavy (non-hydrogen) atoms. The second kappa shape index (κ2) is 8.41. The number of rotatable bonds is 5. The molecule has 144 valence electrons. The molecule has 0 saturated carbocycles. The van der Waals surface area contributed by atoms with Gasteiger partial charge in [0, 0.05) is 21.1 Å². The predicted octanol–water partition coefficient (Wildman–Crippen LogP) is 5.98. The Hall–Kier alpha value is -3.25. The van der Waals surface area contributed by atoms with Gasteiger partial charge in [0.15, 0.2) is 5.82 Å². The van der Waals surface area contributed by atoms with Gasteiger partial charge in [-0.15, -0.1) is 0 Å². The van der Waals surface area contributed by atoms with Crippen molar-refractivity contribution in [3.05, 3.63) is 82.8 Å². The molecular formula is C23H18BrN3O2. The lowest BCUT2D eigenvalue weighted by Crippen LogP contribution is -2.05. The van der Waals surface area contributed by atoms with E-state index in [4.69, 9.17) is 14.7 Å². The van der Waals surface area contributed by atoms with E-state index in [1.54, 1.807) is 19.1 Å². The Bertz CT molecular complexity index is 1180. The van der Waals surface area contributed by atoms with Crippen LogP contribution in [-0.2, 0) is 4.74 Å². The van der Waals surface area contributed by atoms with Crippen LogP contribution >= 0.6 is 15.9 Å². The summed E-state index contributed by atoms with van der Waals surface area (Å²) in [5.74, 6) is 0.942. The maximum absolute atomic E-state index is 12.1. The molecule has 0 atom stereocenters. The number of carbonyl (C=O) groups is 1. The fraction of sp³-hybridized carbons (Fsp3) is 0.0870. The lowest BCUT2D eigenvalue weighted by Gasteiger charge is -2.12. The van der Waals surface area contributed by atoms with Gasteiger partial charge in [0.05, 0.1) is 17.7 Å². The fourth-order valence-electron chi connectivity index (χ4n) is 2.99. The molecule has 4 rings (SSSR count). The highest BCUT2D eigenvalue weighted by atomic mass is 79.9. The number of halogens is 1. The van der Waals surface area contributed by atoms with Crippen LogP contribution in [0.3, 0.4) is 0 Å². The van der Waals surface area contributed by atoms with E-state index < -0.39 is 0 Å². The van der Waals surface area contributed by atoms with E-state index in [2.05, 4.69) is 21.2 Å². The first kappa shape index (κ1) is 19.1. The molecule has 0 bridgehead atoms. The number of aromatic nitrogens is 2. The van der Waals surface area contributed by atoms with Crippen molar-refractivity contribution in [1.29, 1.82) is 0 Å². The molecule has 0 aliphatic rings. The third-order valence-corrected chi connectivity index (χ3v) is 4.82. The van der Waals surface area contributed by atoms with E-state index in [9.17, 15) is 4.79 Å². The third-order valence-electron chi connectivity index (χ3n) is 4.33. The second-order valence-corrected chi connectivity index (χ2v) is 7.27. The predicted molar refractivity (Wildman–Crippen MR) is 118 cm³/mol. The molecule has 1 N–H and O–H groups in total. The van der Waals surface area contributed by atoms with Crippen molar-refractivity contribution in [2.75, 3.05) is 11.9 Å². The summed E-state index contributed by atoms with van der Waals surface area (Å²) >= 11 is 3.52. The molecule has 5 nitrogen and oxygen atoms in total. The van der Waals surface area contributed by atoms with E-state index in [0.29, 0.717) is 23.8 Å². The lowest BCUT2D eigenvalue weighted by atomic mass is 10.1. The Morgan fingerprint density at radius 3 is 2.62 bits per heavy atom. The zero-order valence-corrected chi connectivity index (χ0v) is 17.3. The summed E-state index contributed by atoms with van der Waals surface area (Å²) in [6.45, 7) is 2.12. The normalized spacial score (nSPS) is 10.7. The first-order valence-electron chi connectivity index (χ1n) is 9.21. The molecule has 0 spiro atoms. The molecule has 0 unspecified atom stereocenters. The number of benzene rings is 3. The summed E-state index contributed by atoms with van der Waals surface area (Å²) < 4.78 is 6.03. The van der Waals surface area contributed by atoms with Crippen LogP contribution in [-0.4, -0.2) is 22.5 Å². The summed E-state index contributed by atoms with van der Waals surface area (Å²) in [6, 6.07) is 22.9. The van der Waals surface area contributed by atoms with Gasteiger partial charge in [-0.2, -0.15) is 0 Å². The molecule has 0 amide bonds. The van der Waals surface area contributed by atoms with Gasteiger partial charge in [-0.25, -0.2) is 14.8 Å². The minimum absolute atomic E-state index is 0.335. The van der Waals surface area contributed by atoms with Crippen LogP contribution in [0.1, 0.15) is 17.3 Å².